The number of amidine groups is 1. The molecule has 0 fully saturated rings. The SMILES string of the molecule is c1ccc(C2=[N+](c3ccccc3-c3ccccc3)CN(c3ccccc3-c3ccccc3)N2)cc1. The van der Waals surface area contributed by atoms with Crippen LogP contribution in [-0.4, -0.2) is 17.1 Å². The lowest BCUT2D eigenvalue weighted by atomic mass is 10.0. The average Bonchev–Trinajstić information content (AvgIpc) is 3.40. The minimum atomic E-state index is 0.678. The number of anilines is 1. The van der Waals surface area contributed by atoms with Crippen molar-refractivity contribution in [1.29, 1.82) is 0 Å². The van der Waals surface area contributed by atoms with Gasteiger partial charge in [-0.2, -0.15) is 10.4 Å². The molecule has 35 heavy (non-hydrogen) atoms. The Kier molecular flexibility index (Phi) is 5.57. The normalized spacial score (nSPS) is 13.1. The predicted molar refractivity (Wildman–Crippen MR) is 145 cm³/mol. The largest absolute Gasteiger partial charge is 0.307 e. The van der Waals surface area contributed by atoms with Gasteiger partial charge in [-0.25, -0.2) is 4.58 Å². The molecule has 0 bridgehead atoms. The molecule has 1 heterocycles. The van der Waals surface area contributed by atoms with Crippen LogP contribution >= 0.6 is 0 Å². The molecule has 5 aromatic carbocycles. The first kappa shape index (κ1) is 20.9. The van der Waals surface area contributed by atoms with Gasteiger partial charge in [0.2, 0.25) is 0 Å². The zero-order chi connectivity index (χ0) is 23.5. The summed E-state index contributed by atoms with van der Waals surface area (Å²) in [5.74, 6) is 1.07. The first-order chi connectivity index (χ1) is 17.4. The van der Waals surface area contributed by atoms with E-state index in [-0.39, 0.29) is 0 Å². The smallest absolute Gasteiger partial charge is 0.203 e. The molecule has 168 valence electrons. The van der Waals surface area contributed by atoms with Crippen LogP contribution in [-0.2, 0) is 0 Å². The number of rotatable bonds is 5. The van der Waals surface area contributed by atoms with Gasteiger partial charge in [0, 0.05) is 11.1 Å². The maximum atomic E-state index is 3.74. The van der Waals surface area contributed by atoms with Crippen molar-refractivity contribution in [1.82, 2.24) is 5.43 Å². The number of benzene rings is 5. The Balaban J connectivity index is 1.48. The minimum absolute atomic E-state index is 0.678. The summed E-state index contributed by atoms with van der Waals surface area (Å²) in [7, 11) is 0. The van der Waals surface area contributed by atoms with E-state index in [9.17, 15) is 0 Å². The summed E-state index contributed by atoms with van der Waals surface area (Å²) in [4.78, 5) is 0. The van der Waals surface area contributed by atoms with Gasteiger partial charge in [-0.1, -0.05) is 115 Å². The first-order valence-electron chi connectivity index (χ1n) is 11.9. The van der Waals surface area contributed by atoms with Gasteiger partial charge in [0.05, 0.1) is 11.3 Å². The molecule has 0 atom stereocenters. The minimum Gasteiger partial charge on any atom is -0.203 e. The molecule has 0 spiro atoms. The summed E-state index contributed by atoms with van der Waals surface area (Å²) in [5.41, 5.74) is 12.0. The van der Waals surface area contributed by atoms with E-state index in [0.717, 1.165) is 17.1 Å². The fourth-order valence-electron chi connectivity index (χ4n) is 4.73. The molecule has 0 amide bonds. The van der Waals surface area contributed by atoms with Gasteiger partial charge in [-0.3, -0.25) is 0 Å². The standard InChI is InChI=1S/C32H25N3/c1-4-14-25(15-5-1)28-20-10-12-22-30(28)34-24-35(33-32(34)27-18-8-3-9-19-27)31-23-13-11-21-29(31)26-16-6-2-7-17-26/h1-23H,24H2/p+1. The number of hydrogen-bond donors (Lipinski definition) is 1. The maximum absolute atomic E-state index is 3.74. The number of hydrazine groups is 1. The molecule has 0 aromatic heterocycles. The zero-order valence-electron chi connectivity index (χ0n) is 19.4. The highest BCUT2D eigenvalue weighted by atomic mass is 15.6. The van der Waals surface area contributed by atoms with Gasteiger partial charge in [0.1, 0.15) is 5.69 Å². The molecule has 3 heteroatoms. The second kappa shape index (κ2) is 9.32. The van der Waals surface area contributed by atoms with E-state index in [1.165, 1.54) is 27.9 Å². The van der Waals surface area contributed by atoms with E-state index < -0.39 is 0 Å². The molecular formula is C32H26N3+. The Morgan fingerprint density at radius 1 is 0.486 bits per heavy atom. The fraction of sp³-hybridized carbons (Fsp3) is 0.0312. The highest BCUT2D eigenvalue weighted by Gasteiger charge is 2.33. The Morgan fingerprint density at radius 2 is 0.971 bits per heavy atom. The van der Waals surface area contributed by atoms with E-state index in [1.54, 1.807) is 0 Å². The summed E-state index contributed by atoms with van der Waals surface area (Å²) in [6.45, 7) is 0.678. The van der Waals surface area contributed by atoms with Crippen LogP contribution in [0.25, 0.3) is 22.3 Å². The molecule has 3 nitrogen and oxygen atoms in total. The third kappa shape index (κ3) is 4.09. The van der Waals surface area contributed by atoms with Crippen molar-refractivity contribution < 1.29 is 4.58 Å². The van der Waals surface area contributed by atoms with Crippen molar-refractivity contribution in [3.05, 3.63) is 145 Å². The summed E-state index contributed by atoms with van der Waals surface area (Å²) < 4.78 is 2.37. The van der Waals surface area contributed by atoms with Crippen LogP contribution in [0.1, 0.15) is 5.56 Å². The molecule has 0 saturated heterocycles. The van der Waals surface area contributed by atoms with Gasteiger partial charge >= 0.3 is 5.84 Å². The Hall–Kier alpha value is -4.63. The molecular weight excluding hydrogens is 426 g/mol. The summed E-state index contributed by atoms with van der Waals surface area (Å²) >= 11 is 0. The summed E-state index contributed by atoms with van der Waals surface area (Å²) in [6, 6.07) is 48.9. The van der Waals surface area contributed by atoms with Crippen LogP contribution < -0.4 is 10.4 Å². The average molecular weight is 453 g/mol. The van der Waals surface area contributed by atoms with Gasteiger partial charge in [-0.15, -0.1) is 0 Å². The Labute approximate surface area is 206 Å². The third-order valence-electron chi connectivity index (χ3n) is 6.40. The van der Waals surface area contributed by atoms with Crippen molar-refractivity contribution in [2.75, 3.05) is 11.7 Å². The second-order valence-corrected chi connectivity index (χ2v) is 8.59. The van der Waals surface area contributed by atoms with Crippen molar-refractivity contribution in [3.63, 3.8) is 0 Å². The molecule has 6 rings (SSSR count). The number of nitrogens with one attached hydrogen (secondary N) is 1. The van der Waals surface area contributed by atoms with Gasteiger partial charge < -0.3 is 0 Å². The zero-order valence-corrected chi connectivity index (χ0v) is 19.4. The van der Waals surface area contributed by atoms with Crippen LogP contribution in [0.3, 0.4) is 0 Å². The van der Waals surface area contributed by atoms with Crippen LogP contribution in [0.4, 0.5) is 11.4 Å². The van der Waals surface area contributed by atoms with Crippen molar-refractivity contribution in [2.24, 2.45) is 0 Å². The lowest BCUT2D eigenvalue weighted by molar-refractivity contribution is -0.429. The fourth-order valence-corrected chi connectivity index (χ4v) is 4.73. The van der Waals surface area contributed by atoms with E-state index in [4.69, 9.17) is 0 Å². The quantitative estimate of drug-likeness (QED) is 0.287. The molecule has 0 unspecified atom stereocenters. The summed E-state index contributed by atoms with van der Waals surface area (Å²) in [5, 5.41) is 2.24. The van der Waals surface area contributed by atoms with Crippen molar-refractivity contribution in [3.8, 4) is 22.3 Å². The molecule has 0 radical (unpaired) electrons. The lowest BCUT2D eigenvalue weighted by Gasteiger charge is -2.17. The molecule has 5 aromatic rings. The first-order valence-corrected chi connectivity index (χ1v) is 11.9. The van der Waals surface area contributed by atoms with Crippen LogP contribution in [0.15, 0.2) is 140 Å². The monoisotopic (exact) mass is 452 g/mol. The maximum Gasteiger partial charge on any atom is 0.307 e. The predicted octanol–water partition coefficient (Wildman–Crippen LogP) is 7.09. The molecule has 1 aliphatic heterocycles. The van der Waals surface area contributed by atoms with Crippen molar-refractivity contribution in [2.45, 2.75) is 0 Å². The third-order valence-corrected chi connectivity index (χ3v) is 6.40. The number of para-hydroxylation sites is 2. The van der Waals surface area contributed by atoms with Crippen LogP contribution in [0, 0.1) is 0 Å². The van der Waals surface area contributed by atoms with Gasteiger partial charge in [0.25, 0.3) is 0 Å². The number of hydrogen-bond acceptors (Lipinski definition) is 2. The van der Waals surface area contributed by atoms with Gasteiger partial charge in [0.15, 0.2) is 6.67 Å². The molecule has 0 aliphatic carbocycles. The van der Waals surface area contributed by atoms with E-state index in [2.05, 4.69) is 155 Å². The van der Waals surface area contributed by atoms with Crippen LogP contribution in [0.2, 0.25) is 0 Å². The molecule has 1 aliphatic rings. The lowest BCUT2D eigenvalue weighted by Crippen LogP contribution is -2.36. The van der Waals surface area contributed by atoms with Crippen LogP contribution in [0.5, 0.6) is 0 Å². The Bertz CT molecular complexity index is 1480. The second-order valence-electron chi connectivity index (χ2n) is 8.59. The van der Waals surface area contributed by atoms with E-state index >= 15 is 0 Å². The molecule has 1 N–H and O–H groups in total. The highest BCUT2D eigenvalue weighted by molar-refractivity contribution is 5.98. The van der Waals surface area contributed by atoms with Gasteiger partial charge in [-0.05, 0) is 35.4 Å². The molecule has 0 saturated carbocycles. The summed E-state index contributed by atoms with van der Waals surface area (Å²) in [6.07, 6.45) is 0. The highest BCUT2D eigenvalue weighted by Crippen LogP contribution is 2.35. The van der Waals surface area contributed by atoms with E-state index in [0.29, 0.717) is 6.67 Å². The topological polar surface area (TPSA) is 18.3 Å². The number of nitrogens with zero attached hydrogens (tertiary/aromatic N) is 2. The van der Waals surface area contributed by atoms with Crippen molar-refractivity contribution >= 4 is 17.2 Å². The van der Waals surface area contributed by atoms with E-state index in [1.807, 2.05) is 0 Å². The Morgan fingerprint density at radius 3 is 1.63 bits per heavy atom.